The first-order valence-corrected chi connectivity index (χ1v) is 6.43. The lowest BCUT2D eigenvalue weighted by atomic mass is 9.91. The molecule has 2 rings (SSSR count). The van der Waals surface area contributed by atoms with Crippen molar-refractivity contribution < 1.29 is 9.50 Å². The minimum Gasteiger partial charge on any atom is -0.383 e. The Hall–Kier alpha value is -1.75. The molecule has 0 saturated carbocycles. The maximum Gasteiger partial charge on any atom is 0.141 e. The molecule has 0 aromatic carbocycles. The zero-order valence-corrected chi connectivity index (χ0v) is 11.2. The van der Waals surface area contributed by atoms with Crippen molar-refractivity contribution in [3.63, 3.8) is 0 Å². The summed E-state index contributed by atoms with van der Waals surface area (Å²) in [4.78, 5) is 8.26. The average molecular weight is 263 g/mol. The fraction of sp³-hybridized carbons (Fsp3) is 0.429. The van der Waals surface area contributed by atoms with Crippen LogP contribution in [0.4, 0.5) is 4.39 Å². The molecular weight excluding hydrogens is 245 g/mol. The second kappa shape index (κ2) is 5.48. The molecule has 0 aliphatic heterocycles. The number of aromatic nitrogens is 3. The summed E-state index contributed by atoms with van der Waals surface area (Å²) in [5, 5.41) is 10.7. The summed E-state index contributed by atoms with van der Waals surface area (Å²) in [7, 11) is 0. The molecule has 0 fully saturated rings. The number of imidazole rings is 1. The molecule has 1 unspecified atom stereocenters. The highest BCUT2D eigenvalue weighted by Crippen LogP contribution is 2.27. The van der Waals surface area contributed by atoms with Gasteiger partial charge >= 0.3 is 0 Å². The van der Waals surface area contributed by atoms with Crippen molar-refractivity contribution in [1.29, 1.82) is 0 Å². The zero-order chi connectivity index (χ0) is 13.9. The van der Waals surface area contributed by atoms with E-state index in [0.29, 0.717) is 18.5 Å². The van der Waals surface area contributed by atoms with Gasteiger partial charge in [-0.15, -0.1) is 0 Å². The summed E-state index contributed by atoms with van der Waals surface area (Å²) in [6, 6.07) is 2.84. The third-order valence-electron chi connectivity index (χ3n) is 3.38. The van der Waals surface area contributed by atoms with E-state index >= 15 is 0 Å². The normalized spacial score (nSPS) is 14.3. The molecule has 2 aromatic rings. The van der Waals surface area contributed by atoms with Crippen LogP contribution in [0.3, 0.4) is 0 Å². The lowest BCUT2D eigenvalue weighted by Gasteiger charge is -2.26. The molecule has 1 N–H and O–H groups in total. The van der Waals surface area contributed by atoms with Crippen LogP contribution in [0.1, 0.15) is 31.8 Å². The van der Waals surface area contributed by atoms with Gasteiger partial charge in [-0.1, -0.05) is 6.92 Å². The van der Waals surface area contributed by atoms with Crippen LogP contribution in [0.2, 0.25) is 0 Å². The Bertz CT molecular complexity index is 538. The first-order valence-electron chi connectivity index (χ1n) is 6.43. The molecule has 0 amide bonds. The van der Waals surface area contributed by atoms with Crippen molar-refractivity contribution in [2.45, 2.75) is 38.8 Å². The predicted molar refractivity (Wildman–Crippen MR) is 70.0 cm³/mol. The van der Waals surface area contributed by atoms with E-state index in [4.69, 9.17) is 0 Å². The number of aliphatic hydroxyl groups is 1. The van der Waals surface area contributed by atoms with E-state index < -0.39 is 11.4 Å². The van der Waals surface area contributed by atoms with E-state index in [0.717, 1.165) is 18.6 Å². The van der Waals surface area contributed by atoms with E-state index in [2.05, 4.69) is 9.97 Å². The van der Waals surface area contributed by atoms with Crippen LogP contribution in [0.25, 0.3) is 0 Å². The van der Waals surface area contributed by atoms with Gasteiger partial charge in [-0.05, 0) is 25.5 Å². The second-order valence-electron chi connectivity index (χ2n) is 4.55. The highest BCUT2D eigenvalue weighted by Gasteiger charge is 2.30. The molecule has 19 heavy (non-hydrogen) atoms. The predicted octanol–water partition coefficient (Wildman–Crippen LogP) is 2.28. The lowest BCUT2D eigenvalue weighted by Crippen LogP contribution is -2.30. The first kappa shape index (κ1) is 13.7. The fourth-order valence-corrected chi connectivity index (χ4v) is 2.10. The number of halogens is 1. The van der Waals surface area contributed by atoms with Gasteiger partial charge in [-0.25, -0.2) is 9.37 Å². The van der Waals surface area contributed by atoms with E-state index in [-0.39, 0.29) is 0 Å². The Morgan fingerprint density at radius 2 is 2.11 bits per heavy atom. The van der Waals surface area contributed by atoms with Crippen molar-refractivity contribution in [1.82, 2.24) is 14.5 Å². The molecule has 2 heterocycles. The van der Waals surface area contributed by atoms with Crippen molar-refractivity contribution in [3.05, 3.63) is 48.1 Å². The first-order chi connectivity index (χ1) is 9.09. The molecule has 0 spiro atoms. The molecule has 0 aliphatic carbocycles. The number of hydrogen-bond acceptors (Lipinski definition) is 3. The quantitative estimate of drug-likeness (QED) is 0.900. The number of aryl methyl sites for hydroxylation is 1. The molecule has 0 aliphatic rings. The zero-order valence-electron chi connectivity index (χ0n) is 11.2. The number of hydrogen-bond donors (Lipinski definition) is 1. The van der Waals surface area contributed by atoms with Gasteiger partial charge in [-0.3, -0.25) is 4.98 Å². The second-order valence-corrected chi connectivity index (χ2v) is 4.55. The van der Waals surface area contributed by atoms with Gasteiger partial charge in [0.15, 0.2) is 0 Å². The van der Waals surface area contributed by atoms with Gasteiger partial charge in [0, 0.05) is 25.4 Å². The minimum absolute atomic E-state index is 0.364. The van der Waals surface area contributed by atoms with Crippen molar-refractivity contribution in [2.75, 3.05) is 0 Å². The SMILES string of the molecule is CCn1ccnc1CC(O)(CC)c1ccc(F)cn1. The van der Waals surface area contributed by atoms with Crippen LogP contribution < -0.4 is 0 Å². The van der Waals surface area contributed by atoms with Crippen LogP contribution in [0, 0.1) is 5.82 Å². The summed E-state index contributed by atoms with van der Waals surface area (Å²) < 4.78 is 14.9. The third kappa shape index (κ3) is 2.81. The molecule has 4 nitrogen and oxygen atoms in total. The van der Waals surface area contributed by atoms with Crippen LogP contribution in [-0.2, 0) is 18.6 Å². The summed E-state index contributed by atoms with van der Waals surface area (Å²) in [5.41, 5.74) is -0.645. The monoisotopic (exact) mass is 263 g/mol. The Kier molecular flexibility index (Phi) is 3.95. The highest BCUT2D eigenvalue weighted by atomic mass is 19.1. The maximum absolute atomic E-state index is 12.9. The summed E-state index contributed by atoms with van der Waals surface area (Å²) in [6.07, 6.45) is 5.57. The van der Waals surface area contributed by atoms with Crippen LogP contribution in [-0.4, -0.2) is 19.6 Å². The summed E-state index contributed by atoms with van der Waals surface area (Å²) >= 11 is 0. The lowest BCUT2D eigenvalue weighted by molar-refractivity contribution is 0.0254. The number of pyridine rings is 1. The Morgan fingerprint density at radius 3 is 2.68 bits per heavy atom. The van der Waals surface area contributed by atoms with Gasteiger partial charge in [0.25, 0.3) is 0 Å². The number of nitrogens with zero attached hydrogens (tertiary/aromatic N) is 3. The van der Waals surface area contributed by atoms with Gasteiger partial charge in [0.2, 0.25) is 0 Å². The maximum atomic E-state index is 12.9. The number of rotatable bonds is 5. The standard InChI is InChI=1S/C14H18FN3O/c1-3-14(19,12-6-5-11(15)10-17-12)9-13-16-7-8-18(13)4-2/h5-8,10,19H,3-4,9H2,1-2H3. The van der Waals surface area contributed by atoms with Crippen LogP contribution in [0.15, 0.2) is 30.7 Å². The molecule has 1 atom stereocenters. The van der Waals surface area contributed by atoms with Gasteiger partial charge < -0.3 is 9.67 Å². The summed E-state index contributed by atoms with van der Waals surface area (Å²) in [6.45, 7) is 4.70. The topological polar surface area (TPSA) is 50.9 Å². The Labute approximate surface area is 111 Å². The van der Waals surface area contributed by atoms with E-state index in [1.54, 1.807) is 6.20 Å². The van der Waals surface area contributed by atoms with Crippen LogP contribution >= 0.6 is 0 Å². The van der Waals surface area contributed by atoms with Crippen molar-refractivity contribution in [3.8, 4) is 0 Å². The third-order valence-corrected chi connectivity index (χ3v) is 3.38. The average Bonchev–Trinajstić information content (AvgIpc) is 2.86. The largest absolute Gasteiger partial charge is 0.383 e. The molecule has 102 valence electrons. The van der Waals surface area contributed by atoms with E-state index in [1.165, 1.54) is 12.1 Å². The summed E-state index contributed by atoms with van der Waals surface area (Å²) in [5.74, 6) is 0.398. The molecular formula is C14H18FN3O. The Morgan fingerprint density at radius 1 is 1.32 bits per heavy atom. The molecule has 0 bridgehead atoms. The van der Waals surface area contributed by atoms with Gasteiger partial charge in [0.05, 0.1) is 11.9 Å². The van der Waals surface area contributed by atoms with Gasteiger partial charge in [0.1, 0.15) is 17.2 Å². The van der Waals surface area contributed by atoms with Crippen molar-refractivity contribution in [2.24, 2.45) is 0 Å². The fourth-order valence-electron chi connectivity index (χ4n) is 2.10. The minimum atomic E-state index is -1.12. The molecule has 0 saturated heterocycles. The van der Waals surface area contributed by atoms with Gasteiger partial charge in [-0.2, -0.15) is 0 Å². The highest BCUT2D eigenvalue weighted by molar-refractivity contribution is 5.16. The van der Waals surface area contributed by atoms with Crippen molar-refractivity contribution >= 4 is 0 Å². The van der Waals surface area contributed by atoms with E-state index in [1.807, 2.05) is 24.6 Å². The molecule has 5 heteroatoms. The Balaban J connectivity index is 2.30. The molecule has 2 aromatic heterocycles. The molecule has 0 radical (unpaired) electrons. The van der Waals surface area contributed by atoms with E-state index in [9.17, 15) is 9.50 Å². The van der Waals surface area contributed by atoms with Crippen LogP contribution in [0.5, 0.6) is 0 Å². The smallest absolute Gasteiger partial charge is 0.141 e.